The Bertz CT molecular complexity index is 1290. The van der Waals surface area contributed by atoms with Crippen LogP contribution in [0, 0.1) is 19.7 Å². The number of amides is 1. The van der Waals surface area contributed by atoms with Crippen molar-refractivity contribution >= 4 is 22.7 Å². The molecule has 200 valence electrons. The van der Waals surface area contributed by atoms with Crippen molar-refractivity contribution in [3.63, 3.8) is 0 Å². The molecule has 3 nitrogen and oxygen atoms in total. The van der Waals surface area contributed by atoms with E-state index in [0.29, 0.717) is 18.7 Å². The lowest BCUT2D eigenvalue weighted by atomic mass is 9.87. The van der Waals surface area contributed by atoms with Crippen LogP contribution in [0.25, 0.3) is 11.1 Å². The largest absolute Gasteiger partial charge is 0.494 e. The van der Waals surface area contributed by atoms with E-state index in [9.17, 15) is 9.18 Å². The summed E-state index contributed by atoms with van der Waals surface area (Å²) in [5.74, 6) is 0.573. The van der Waals surface area contributed by atoms with Crippen molar-refractivity contribution in [2.75, 3.05) is 11.9 Å². The lowest BCUT2D eigenvalue weighted by Crippen LogP contribution is -2.09. The quantitative estimate of drug-likeness (QED) is 0.290. The van der Waals surface area contributed by atoms with Crippen LogP contribution >= 0.6 is 0 Å². The standard InChI is InChI=1S/C25H30O.C9H10FNO/c1-8-21-11-13-22(14-12-21)19(6)23(9-2)20(7)24-15-18(5)25(26-10-3)16-17(24)4;1-2-9(12)11-8-5-3-7(10)4-6-8/h9,11-16H,6-8,10H2,1-5H3;3-6H,2H2,1H3,(H,11,12)/b23-9-;. The number of hydrogen-bond donors (Lipinski definition) is 1. The second-order valence-corrected chi connectivity index (χ2v) is 8.98. The van der Waals surface area contributed by atoms with Gasteiger partial charge in [-0.25, -0.2) is 4.39 Å². The summed E-state index contributed by atoms with van der Waals surface area (Å²) in [4.78, 5) is 10.9. The molecule has 0 saturated heterocycles. The molecule has 0 atom stereocenters. The maximum absolute atomic E-state index is 12.4. The van der Waals surface area contributed by atoms with Gasteiger partial charge in [0, 0.05) is 12.1 Å². The molecule has 3 aromatic rings. The monoisotopic (exact) mass is 513 g/mol. The Morgan fingerprint density at radius 3 is 2.08 bits per heavy atom. The number of aryl methyl sites for hydroxylation is 3. The van der Waals surface area contributed by atoms with E-state index in [0.717, 1.165) is 51.1 Å². The van der Waals surface area contributed by atoms with Gasteiger partial charge in [-0.1, -0.05) is 57.3 Å². The molecule has 1 N–H and O–H groups in total. The number of carbonyl (C=O) groups is 1. The van der Waals surface area contributed by atoms with Crippen molar-refractivity contribution in [3.05, 3.63) is 119 Å². The molecular formula is C34H40FNO2. The maximum atomic E-state index is 12.4. The zero-order valence-corrected chi connectivity index (χ0v) is 23.6. The van der Waals surface area contributed by atoms with Crippen LogP contribution in [0.5, 0.6) is 5.75 Å². The van der Waals surface area contributed by atoms with E-state index in [1.54, 1.807) is 6.92 Å². The van der Waals surface area contributed by atoms with Gasteiger partial charge >= 0.3 is 0 Å². The van der Waals surface area contributed by atoms with Crippen LogP contribution in [0.1, 0.15) is 61.9 Å². The average molecular weight is 514 g/mol. The first-order valence-electron chi connectivity index (χ1n) is 13.1. The highest BCUT2D eigenvalue weighted by molar-refractivity contribution is 5.97. The number of nitrogens with one attached hydrogen (secondary N) is 1. The SMILES string of the molecule is C=C(/C(=C/C)C(=C)c1cc(C)c(OCC)cc1C)c1ccc(CC)cc1.CCC(=O)Nc1ccc(F)cc1. The molecule has 0 radical (unpaired) electrons. The van der Waals surface area contributed by atoms with Crippen molar-refractivity contribution in [2.24, 2.45) is 0 Å². The van der Waals surface area contributed by atoms with Gasteiger partial charge in [0.2, 0.25) is 5.91 Å². The zero-order valence-electron chi connectivity index (χ0n) is 23.6. The predicted octanol–water partition coefficient (Wildman–Crippen LogP) is 9.11. The topological polar surface area (TPSA) is 38.3 Å². The number of benzene rings is 3. The molecule has 0 aliphatic rings. The molecule has 3 rings (SSSR count). The van der Waals surface area contributed by atoms with Gasteiger partial charge < -0.3 is 10.1 Å². The van der Waals surface area contributed by atoms with Crippen molar-refractivity contribution in [3.8, 4) is 5.75 Å². The summed E-state index contributed by atoms with van der Waals surface area (Å²) >= 11 is 0. The Kier molecular flexibility index (Phi) is 11.7. The summed E-state index contributed by atoms with van der Waals surface area (Å²) < 4.78 is 18.1. The molecule has 0 heterocycles. The van der Waals surface area contributed by atoms with Gasteiger partial charge in [-0.05, 0) is 115 Å². The molecule has 0 unspecified atom stereocenters. The fourth-order valence-electron chi connectivity index (χ4n) is 3.98. The highest BCUT2D eigenvalue weighted by Crippen LogP contribution is 2.35. The van der Waals surface area contributed by atoms with Crippen LogP contribution in [-0.2, 0) is 11.2 Å². The normalized spacial score (nSPS) is 10.8. The van der Waals surface area contributed by atoms with Gasteiger partial charge in [-0.2, -0.15) is 0 Å². The van der Waals surface area contributed by atoms with E-state index in [2.05, 4.69) is 81.7 Å². The maximum Gasteiger partial charge on any atom is 0.224 e. The fourth-order valence-corrected chi connectivity index (χ4v) is 3.98. The highest BCUT2D eigenvalue weighted by atomic mass is 19.1. The number of rotatable bonds is 9. The fraction of sp³-hybridized carbons (Fsp3) is 0.265. The number of allylic oxidation sites excluding steroid dienone is 4. The van der Waals surface area contributed by atoms with Crippen LogP contribution in [0.3, 0.4) is 0 Å². The molecular weight excluding hydrogens is 473 g/mol. The summed E-state index contributed by atoms with van der Waals surface area (Å²) in [6.07, 6.45) is 3.57. The Morgan fingerprint density at radius 1 is 0.921 bits per heavy atom. The molecule has 1 amide bonds. The van der Waals surface area contributed by atoms with Crippen LogP contribution < -0.4 is 10.1 Å². The minimum absolute atomic E-state index is 0.0680. The first kappa shape index (κ1) is 30.3. The lowest BCUT2D eigenvalue weighted by molar-refractivity contribution is -0.115. The molecule has 0 aromatic heterocycles. The summed E-state index contributed by atoms with van der Waals surface area (Å²) in [6, 6.07) is 18.6. The number of anilines is 1. The Labute approximate surface area is 227 Å². The second-order valence-electron chi connectivity index (χ2n) is 8.98. The molecule has 3 aromatic carbocycles. The summed E-state index contributed by atoms with van der Waals surface area (Å²) in [5, 5.41) is 2.61. The molecule has 0 fully saturated rings. The van der Waals surface area contributed by atoms with Crippen LogP contribution in [0.2, 0.25) is 0 Å². The number of ether oxygens (including phenoxy) is 1. The first-order chi connectivity index (χ1) is 18.1. The average Bonchev–Trinajstić information content (AvgIpc) is 2.92. The molecule has 38 heavy (non-hydrogen) atoms. The summed E-state index contributed by atoms with van der Waals surface area (Å²) in [5.41, 5.74) is 9.62. The molecule has 4 heteroatoms. The first-order valence-corrected chi connectivity index (χ1v) is 13.1. The summed E-state index contributed by atoms with van der Waals surface area (Å²) in [7, 11) is 0. The third kappa shape index (κ3) is 8.31. The van der Waals surface area contributed by atoms with Gasteiger partial charge in [-0.3, -0.25) is 4.79 Å². The zero-order chi connectivity index (χ0) is 28.2. The molecule has 0 aliphatic heterocycles. The van der Waals surface area contributed by atoms with E-state index in [1.807, 2.05) is 13.8 Å². The second kappa shape index (κ2) is 14.7. The van der Waals surface area contributed by atoms with E-state index < -0.39 is 0 Å². The van der Waals surface area contributed by atoms with Crippen molar-refractivity contribution in [2.45, 2.75) is 54.4 Å². The number of halogens is 1. The van der Waals surface area contributed by atoms with Gasteiger partial charge in [0.15, 0.2) is 0 Å². The van der Waals surface area contributed by atoms with Crippen LogP contribution in [0.15, 0.2) is 85.5 Å². The van der Waals surface area contributed by atoms with E-state index in [4.69, 9.17) is 4.74 Å². The molecule has 0 spiro atoms. The van der Waals surface area contributed by atoms with Crippen molar-refractivity contribution in [1.29, 1.82) is 0 Å². The smallest absolute Gasteiger partial charge is 0.224 e. The Balaban J connectivity index is 0.000000352. The van der Waals surface area contributed by atoms with E-state index in [1.165, 1.54) is 29.8 Å². The minimum atomic E-state index is -0.301. The number of carbonyl (C=O) groups excluding carboxylic acids is 1. The Hall–Kier alpha value is -3.92. The van der Waals surface area contributed by atoms with Gasteiger partial charge in [0.25, 0.3) is 0 Å². The third-order valence-corrected chi connectivity index (χ3v) is 6.25. The van der Waals surface area contributed by atoms with Gasteiger partial charge in [0.1, 0.15) is 11.6 Å². The Morgan fingerprint density at radius 2 is 1.55 bits per heavy atom. The van der Waals surface area contributed by atoms with Gasteiger partial charge in [0.05, 0.1) is 6.61 Å². The van der Waals surface area contributed by atoms with E-state index in [-0.39, 0.29) is 11.7 Å². The number of hydrogen-bond acceptors (Lipinski definition) is 2. The van der Waals surface area contributed by atoms with Crippen LogP contribution in [0.4, 0.5) is 10.1 Å². The third-order valence-electron chi connectivity index (χ3n) is 6.25. The summed E-state index contributed by atoms with van der Waals surface area (Å²) in [6.45, 7) is 21.6. The predicted molar refractivity (Wildman–Crippen MR) is 160 cm³/mol. The van der Waals surface area contributed by atoms with Crippen molar-refractivity contribution < 1.29 is 13.9 Å². The van der Waals surface area contributed by atoms with E-state index >= 15 is 0 Å². The van der Waals surface area contributed by atoms with Gasteiger partial charge in [-0.15, -0.1) is 0 Å². The molecule has 0 saturated carbocycles. The van der Waals surface area contributed by atoms with Crippen molar-refractivity contribution in [1.82, 2.24) is 0 Å². The van der Waals surface area contributed by atoms with Crippen LogP contribution in [-0.4, -0.2) is 12.5 Å². The molecule has 0 aliphatic carbocycles. The highest BCUT2D eigenvalue weighted by Gasteiger charge is 2.14. The molecule has 0 bridgehead atoms. The minimum Gasteiger partial charge on any atom is -0.494 e. The lowest BCUT2D eigenvalue weighted by Gasteiger charge is -2.18.